The van der Waals surface area contributed by atoms with Gasteiger partial charge in [-0.05, 0) is 36.3 Å². The van der Waals surface area contributed by atoms with E-state index in [9.17, 15) is 13.2 Å². The van der Waals surface area contributed by atoms with Crippen LogP contribution in [0.15, 0.2) is 48.7 Å². The zero-order chi connectivity index (χ0) is 16.0. The number of rotatable bonds is 4. The van der Waals surface area contributed by atoms with E-state index in [0.29, 0.717) is 6.54 Å². The summed E-state index contributed by atoms with van der Waals surface area (Å²) in [6.07, 6.45) is -2.47. The molecule has 0 aliphatic carbocycles. The Morgan fingerprint density at radius 3 is 2.50 bits per heavy atom. The summed E-state index contributed by atoms with van der Waals surface area (Å²) in [5, 5.41) is 5.48. The molecule has 3 nitrogen and oxygen atoms in total. The second-order valence-corrected chi connectivity index (χ2v) is 4.92. The molecule has 2 aromatic rings. The first kappa shape index (κ1) is 16.2. The standard InChI is InChI=1S/C15H14F3N3S/c16-15(17,18)12-7-4-9-19-13(12)21-14(22)20-10-8-11-5-2-1-3-6-11/h1-7,9H,8,10H2,(H2,19,20,21,22). The number of hydrogen-bond donors (Lipinski definition) is 2. The molecule has 7 heteroatoms. The van der Waals surface area contributed by atoms with E-state index in [4.69, 9.17) is 12.2 Å². The maximum Gasteiger partial charge on any atom is 0.419 e. The lowest BCUT2D eigenvalue weighted by Gasteiger charge is -2.14. The number of aromatic nitrogens is 1. The van der Waals surface area contributed by atoms with Crippen molar-refractivity contribution in [2.45, 2.75) is 12.6 Å². The molecule has 0 unspecified atom stereocenters. The summed E-state index contributed by atoms with van der Waals surface area (Å²) >= 11 is 5.00. The molecule has 0 aliphatic rings. The molecule has 0 radical (unpaired) electrons. The molecule has 116 valence electrons. The minimum Gasteiger partial charge on any atom is -0.362 e. The van der Waals surface area contributed by atoms with E-state index in [1.807, 2.05) is 30.3 Å². The van der Waals surface area contributed by atoms with Crippen molar-refractivity contribution in [3.63, 3.8) is 0 Å². The van der Waals surface area contributed by atoms with E-state index < -0.39 is 11.7 Å². The van der Waals surface area contributed by atoms with Gasteiger partial charge in [-0.2, -0.15) is 13.2 Å². The van der Waals surface area contributed by atoms with Crippen LogP contribution in [0, 0.1) is 0 Å². The lowest BCUT2D eigenvalue weighted by Crippen LogP contribution is -2.31. The van der Waals surface area contributed by atoms with Crippen LogP contribution in [0.3, 0.4) is 0 Å². The number of thiocarbonyl (C=S) groups is 1. The SMILES string of the molecule is FC(F)(F)c1cccnc1NC(=S)NCCc1ccccc1. The van der Waals surface area contributed by atoms with Crippen molar-refractivity contribution in [1.29, 1.82) is 0 Å². The Morgan fingerprint density at radius 1 is 1.09 bits per heavy atom. The minimum atomic E-state index is -4.48. The van der Waals surface area contributed by atoms with Crippen LogP contribution in [0.1, 0.15) is 11.1 Å². The smallest absolute Gasteiger partial charge is 0.362 e. The fourth-order valence-corrected chi connectivity index (χ4v) is 2.05. The third-order valence-corrected chi connectivity index (χ3v) is 3.13. The third kappa shape index (κ3) is 4.70. The van der Waals surface area contributed by atoms with Gasteiger partial charge in [-0.25, -0.2) is 4.98 Å². The van der Waals surface area contributed by atoms with Gasteiger partial charge < -0.3 is 10.6 Å². The van der Waals surface area contributed by atoms with Crippen molar-refractivity contribution < 1.29 is 13.2 Å². The Hall–Kier alpha value is -2.15. The maximum atomic E-state index is 12.8. The fourth-order valence-electron chi connectivity index (χ4n) is 1.85. The molecule has 1 heterocycles. The third-order valence-electron chi connectivity index (χ3n) is 2.89. The number of nitrogens with one attached hydrogen (secondary N) is 2. The van der Waals surface area contributed by atoms with E-state index in [1.54, 1.807) is 0 Å². The van der Waals surface area contributed by atoms with Gasteiger partial charge in [-0.15, -0.1) is 0 Å². The Balaban J connectivity index is 1.90. The normalized spacial score (nSPS) is 11.0. The number of pyridine rings is 1. The zero-order valence-corrected chi connectivity index (χ0v) is 12.3. The van der Waals surface area contributed by atoms with Crippen LogP contribution in [0.5, 0.6) is 0 Å². The van der Waals surface area contributed by atoms with Crippen LogP contribution >= 0.6 is 12.2 Å². The molecule has 1 aromatic carbocycles. The minimum absolute atomic E-state index is 0.111. The van der Waals surface area contributed by atoms with Gasteiger partial charge in [0.15, 0.2) is 5.11 Å². The Labute approximate surface area is 131 Å². The van der Waals surface area contributed by atoms with Gasteiger partial charge in [-0.1, -0.05) is 30.3 Å². The number of hydrogen-bond acceptors (Lipinski definition) is 2. The molecule has 2 N–H and O–H groups in total. The molecule has 0 amide bonds. The zero-order valence-electron chi connectivity index (χ0n) is 11.5. The average molecular weight is 325 g/mol. The van der Waals surface area contributed by atoms with Gasteiger partial charge in [0.05, 0.1) is 5.56 Å². The highest BCUT2D eigenvalue weighted by Gasteiger charge is 2.34. The molecule has 2 rings (SSSR count). The van der Waals surface area contributed by atoms with E-state index in [0.717, 1.165) is 18.1 Å². The highest BCUT2D eigenvalue weighted by molar-refractivity contribution is 7.80. The number of nitrogens with zero attached hydrogens (tertiary/aromatic N) is 1. The average Bonchev–Trinajstić information content (AvgIpc) is 2.48. The second kappa shape index (κ2) is 7.22. The highest BCUT2D eigenvalue weighted by atomic mass is 32.1. The Kier molecular flexibility index (Phi) is 5.32. The predicted molar refractivity (Wildman–Crippen MR) is 83.6 cm³/mol. The quantitative estimate of drug-likeness (QED) is 0.842. The van der Waals surface area contributed by atoms with Crippen LogP contribution < -0.4 is 10.6 Å². The molecule has 1 aromatic heterocycles. The van der Waals surface area contributed by atoms with Crippen LogP contribution in [-0.2, 0) is 12.6 Å². The lowest BCUT2D eigenvalue weighted by molar-refractivity contribution is -0.137. The Bertz CT molecular complexity index is 629. The fraction of sp³-hybridized carbons (Fsp3) is 0.200. The van der Waals surface area contributed by atoms with Crippen molar-refractivity contribution in [3.8, 4) is 0 Å². The summed E-state index contributed by atoms with van der Waals surface area (Å²) in [5.74, 6) is -0.299. The van der Waals surface area contributed by atoms with Gasteiger partial charge in [-0.3, -0.25) is 0 Å². The van der Waals surface area contributed by atoms with Crippen LogP contribution in [0.25, 0.3) is 0 Å². The first-order valence-corrected chi connectivity index (χ1v) is 6.98. The molecular formula is C15H14F3N3S. The monoisotopic (exact) mass is 325 g/mol. The first-order valence-electron chi connectivity index (χ1n) is 6.58. The number of halogens is 3. The van der Waals surface area contributed by atoms with Gasteiger partial charge >= 0.3 is 6.18 Å². The summed E-state index contributed by atoms with van der Waals surface area (Å²) in [7, 11) is 0. The van der Waals surface area contributed by atoms with Crippen molar-refractivity contribution in [1.82, 2.24) is 10.3 Å². The van der Waals surface area contributed by atoms with Gasteiger partial charge in [0.2, 0.25) is 0 Å². The predicted octanol–water partition coefficient (Wildman–Crippen LogP) is 3.63. The van der Waals surface area contributed by atoms with E-state index in [2.05, 4.69) is 15.6 Å². The van der Waals surface area contributed by atoms with E-state index in [1.165, 1.54) is 12.3 Å². The molecule has 0 saturated heterocycles. The first-order chi connectivity index (χ1) is 10.5. The van der Waals surface area contributed by atoms with Gasteiger partial charge in [0.25, 0.3) is 0 Å². The Morgan fingerprint density at radius 2 is 1.82 bits per heavy atom. The van der Waals surface area contributed by atoms with Gasteiger partial charge in [0, 0.05) is 12.7 Å². The molecule has 0 aliphatic heterocycles. The summed E-state index contributed by atoms with van der Waals surface area (Å²) in [4.78, 5) is 3.69. The van der Waals surface area contributed by atoms with Crippen LogP contribution in [-0.4, -0.2) is 16.6 Å². The molecule has 22 heavy (non-hydrogen) atoms. The van der Waals surface area contributed by atoms with Crippen molar-refractivity contribution in [2.75, 3.05) is 11.9 Å². The maximum absolute atomic E-state index is 12.8. The molecule has 0 saturated carbocycles. The summed E-state index contributed by atoms with van der Waals surface area (Å²) in [6, 6.07) is 11.9. The number of anilines is 1. The molecule has 0 atom stereocenters. The van der Waals surface area contributed by atoms with Crippen molar-refractivity contribution >= 4 is 23.1 Å². The van der Waals surface area contributed by atoms with E-state index in [-0.39, 0.29) is 10.9 Å². The molecule has 0 fully saturated rings. The summed E-state index contributed by atoms with van der Waals surface area (Å²) < 4.78 is 38.5. The van der Waals surface area contributed by atoms with Crippen molar-refractivity contribution in [3.05, 3.63) is 59.8 Å². The van der Waals surface area contributed by atoms with Crippen LogP contribution in [0.2, 0.25) is 0 Å². The van der Waals surface area contributed by atoms with Gasteiger partial charge in [0.1, 0.15) is 5.82 Å². The summed E-state index contributed by atoms with van der Waals surface area (Å²) in [6.45, 7) is 0.518. The largest absolute Gasteiger partial charge is 0.419 e. The molecule has 0 bridgehead atoms. The second-order valence-electron chi connectivity index (χ2n) is 4.51. The number of benzene rings is 1. The van der Waals surface area contributed by atoms with E-state index >= 15 is 0 Å². The molecular weight excluding hydrogens is 311 g/mol. The topological polar surface area (TPSA) is 37.0 Å². The van der Waals surface area contributed by atoms with Crippen molar-refractivity contribution in [2.24, 2.45) is 0 Å². The highest BCUT2D eigenvalue weighted by Crippen LogP contribution is 2.33. The molecule has 0 spiro atoms. The summed E-state index contributed by atoms with van der Waals surface area (Å²) in [5.41, 5.74) is 0.272. The lowest BCUT2D eigenvalue weighted by atomic mass is 10.1. The number of alkyl halides is 3. The van der Waals surface area contributed by atoms with Crippen LogP contribution in [0.4, 0.5) is 19.0 Å².